The van der Waals surface area contributed by atoms with Gasteiger partial charge in [-0.15, -0.1) is 0 Å². The lowest BCUT2D eigenvalue weighted by Crippen LogP contribution is -2.34. The van der Waals surface area contributed by atoms with Crippen LogP contribution >= 0.6 is 0 Å². The Bertz CT molecular complexity index is 579. The van der Waals surface area contributed by atoms with E-state index in [9.17, 15) is 13.2 Å². The zero-order valence-electron chi connectivity index (χ0n) is 12.1. The molecule has 0 saturated carbocycles. The number of hydrogen-bond acceptors (Lipinski definition) is 2. The molecule has 5 heteroatoms. The highest BCUT2D eigenvalue weighted by Gasteiger charge is 2.35. The number of methoxy groups -OCH3 is 1. The van der Waals surface area contributed by atoms with Crippen molar-refractivity contribution >= 4 is 5.57 Å². The molecular weight excluding hydrogens is 279 g/mol. The van der Waals surface area contributed by atoms with Crippen molar-refractivity contribution in [1.82, 2.24) is 4.90 Å². The molecular formula is C16H18F3NO. The Hall–Kier alpha value is -1.49. The summed E-state index contributed by atoms with van der Waals surface area (Å²) in [5.41, 5.74) is 0.987. The SMILES string of the molecule is COc1cc(C2=CC3CCC(C2)N3C)cc(C(F)(F)F)c1. The maximum Gasteiger partial charge on any atom is 0.416 e. The molecule has 2 aliphatic rings. The molecule has 3 rings (SSSR count). The van der Waals surface area contributed by atoms with Gasteiger partial charge in [0.2, 0.25) is 0 Å². The molecule has 1 aromatic carbocycles. The second-order valence-corrected chi connectivity index (χ2v) is 5.81. The maximum atomic E-state index is 13.0. The minimum absolute atomic E-state index is 0.256. The first-order valence-electron chi connectivity index (χ1n) is 7.08. The van der Waals surface area contributed by atoms with Crippen LogP contribution in [0.5, 0.6) is 5.75 Å². The summed E-state index contributed by atoms with van der Waals surface area (Å²) in [7, 11) is 3.48. The number of ether oxygens (including phenoxy) is 1. The molecule has 1 saturated heterocycles. The molecule has 2 heterocycles. The second kappa shape index (κ2) is 5.05. The van der Waals surface area contributed by atoms with E-state index in [2.05, 4.69) is 18.0 Å². The Kier molecular flexibility index (Phi) is 3.48. The summed E-state index contributed by atoms with van der Waals surface area (Å²) < 4.78 is 44.0. The van der Waals surface area contributed by atoms with Crippen LogP contribution in [0.2, 0.25) is 0 Å². The molecule has 2 aliphatic heterocycles. The predicted molar refractivity (Wildman–Crippen MR) is 75.2 cm³/mol. The lowest BCUT2D eigenvalue weighted by atomic mass is 9.93. The van der Waals surface area contributed by atoms with Crippen LogP contribution < -0.4 is 4.74 Å². The number of nitrogens with zero attached hydrogens (tertiary/aromatic N) is 1. The number of halogens is 3. The van der Waals surface area contributed by atoms with E-state index in [1.54, 1.807) is 6.07 Å². The van der Waals surface area contributed by atoms with E-state index in [0.717, 1.165) is 30.9 Å². The maximum absolute atomic E-state index is 13.0. The van der Waals surface area contributed by atoms with Gasteiger partial charge in [-0.1, -0.05) is 6.08 Å². The average molecular weight is 297 g/mol. The van der Waals surface area contributed by atoms with Gasteiger partial charge in [-0.3, -0.25) is 4.90 Å². The molecule has 0 N–H and O–H groups in total. The van der Waals surface area contributed by atoms with Gasteiger partial charge < -0.3 is 4.74 Å². The zero-order valence-corrected chi connectivity index (χ0v) is 12.1. The summed E-state index contributed by atoms with van der Waals surface area (Å²) in [5.74, 6) is 0.256. The Morgan fingerprint density at radius 2 is 1.95 bits per heavy atom. The lowest BCUT2D eigenvalue weighted by molar-refractivity contribution is -0.137. The number of alkyl halides is 3. The Balaban J connectivity index is 2.01. The van der Waals surface area contributed by atoms with Gasteiger partial charge in [-0.05, 0) is 55.6 Å². The van der Waals surface area contributed by atoms with Crippen molar-refractivity contribution in [2.45, 2.75) is 37.5 Å². The van der Waals surface area contributed by atoms with Crippen LogP contribution in [0.4, 0.5) is 13.2 Å². The van der Waals surface area contributed by atoms with Crippen LogP contribution in [-0.2, 0) is 6.18 Å². The zero-order chi connectivity index (χ0) is 15.2. The van der Waals surface area contributed by atoms with E-state index in [-0.39, 0.29) is 5.75 Å². The van der Waals surface area contributed by atoms with Crippen LogP contribution in [0.1, 0.15) is 30.4 Å². The van der Waals surface area contributed by atoms with Gasteiger partial charge in [0.05, 0.1) is 12.7 Å². The van der Waals surface area contributed by atoms with Gasteiger partial charge in [-0.25, -0.2) is 0 Å². The topological polar surface area (TPSA) is 12.5 Å². The fourth-order valence-electron chi connectivity index (χ4n) is 3.32. The number of likely N-dealkylation sites (N-methyl/N-ethyl adjacent to an activating group) is 1. The predicted octanol–water partition coefficient (Wildman–Crippen LogP) is 3.96. The summed E-state index contributed by atoms with van der Waals surface area (Å²) in [6.07, 6.45) is 0.752. The monoisotopic (exact) mass is 297 g/mol. The third-order valence-electron chi connectivity index (χ3n) is 4.58. The Labute approximate surface area is 122 Å². The first-order valence-corrected chi connectivity index (χ1v) is 7.08. The fourth-order valence-corrected chi connectivity index (χ4v) is 3.32. The van der Waals surface area contributed by atoms with Crippen molar-refractivity contribution in [3.63, 3.8) is 0 Å². The van der Waals surface area contributed by atoms with Crippen molar-refractivity contribution < 1.29 is 17.9 Å². The lowest BCUT2D eigenvalue weighted by Gasteiger charge is -2.30. The van der Waals surface area contributed by atoms with Crippen molar-refractivity contribution in [2.24, 2.45) is 0 Å². The van der Waals surface area contributed by atoms with Crippen LogP contribution in [0.25, 0.3) is 5.57 Å². The van der Waals surface area contributed by atoms with Gasteiger partial charge >= 0.3 is 6.18 Å². The Morgan fingerprint density at radius 1 is 1.19 bits per heavy atom. The van der Waals surface area contributed by atoms with Gasteiger partial charge in [0.25, 0.3) is 0 Å². The summed E-state index contributed by atoms with van der Waals surface area (Å²) in [6.45, 7) is 0. The molecule has 114 valence electrons. The highest BCUT2D eigenvalue weighted by Crippen LogP contribution is 2.40. The molecule has 1 fully saturated rings. The van der Waals surface area contributed by atoms with Crippen molar-refractivity contribution in [2.75, 3.05) is 14.2 Å². The van der Waals surface area contributed by atoms with E-state index in [1.165, 1.54) is 13.2 Å². The average Bonchev–Trinajstić information content (AvgIpc) is 2.67. The Morgan fingerprint density at radius 3 is 2.57 bits per heavy atom. The van der Waals surface area contributed by atoms with Crippen LogP contribution in [0.15, 0.2) is 24.3 Å². The van der Waals surface area contributed by atoms with Gasteiger partial charge in [0.15, 0.2) is 0 Å². The highest BCUT2D eigenvalue weighted by molar-refractivity contribution is 5.70. The smallest absolute Gasteiger partial charge is 0.416 e. The molecule has 2 unspecified atom stereocenters. The normalized spacial score (nSPS) is 25.9. The van der Waals surface area contributed by atoms with Gasteiger partial charge in [-0.2, -0.15) is 13.2 Å². The molecule has 1 aromatic rings. The molecule has 2 bridgehead atoms. The largest absolute Gasteiger partial charge is 0.497 e. The van der Waals surface area contributed by atoms with Crippen LogP contribution in [0.3, 0.4) is 0 Å². The molecule has 21 heavy (non-hydrogen) atoms. The van der Waals surface area contributed by atoms with E-state index in [4.69, 9.17) is 4.74 Å². The summed E-state index contributed by atoms with van der Waals surface area (Å²) in [5, 5.41) is 0. The third-order valence-corrected chi connectivity index (χ3v) is 4.58. The summed E-state index contributed by atoms with van der Waals surface area (Å²) in [4.78, 5) is 2.31. The molecule has 2 atom stereocenters. The minimum Gasteiger partial charge on any atom is -0.497 e. The quantitative estimate of drug-likeness (QED) is 0.819. The van der Waals surface area contributed by atoms with Gasteiger partial charge in [0.1, 0.15) is 5.75 Å². The van der Waals surface area contributed by atoms with Crippen molar-refractivity contribution in [3.05, 3.63) is 35.4 Å². The number of benzene rings is 1. The first kappa shape index (κ1) is 14.4. The molecule has 0 amide bonds. The van der Waals surface area contributed by atoms with Crippen LogP contribution in [-0.4, -0.2) is 31.1 Å². The summed E-state index contributed by atoms with van der Waals surface area (Å²) >= 11 is 0. The molecule has 0 radical (unpaired) electrons. The van der Waals surface area contributed by atoms with Crippen LogP contribution in [0, 0.1) is 0 Å². The number of fused-ring (bicyclic) bond motifs is 2. The van der Waals surface area contributed by atoms with E-state index in [1.807, 2.05) is 0 Å². The van der Waals surface area contributed by atoms with Crippen molar-refractivity contribution in [3.8, 4) is 5.75 Å². The van der Waals surface area contributed by atoms with Gasteiger partial charge in [0, 0.05) is 12.1 Å². The molecule has 0 aliphatic carbocycles. The number of hydrogen-bond donors (Lipinski definition) is 0. The third kappa shape index (κ3) is 2.67. The first-order chi connectivity index (χ1) is 9.88. The van der Waals surface area contributed by atoms with E-state index < -0.39 is 11.7 Å². The molecule has 0 spiro atoms. The number of rotatable bonds is 2. The highest BCUT2D eigenvalue weighted by atomic mass is 19.4. The minimum atomic E-state index is -4.35. The second-order valence-electron chi connectivity index (χ2n) is 5.81. The molecule has 0 aromatic heterocycles. The molecule has 2 nitrogen and oxygen atoms in total. The van der Waals surface area contributed by atoms with E-state index in [0.29, 0.717) is 17.6 Å². The standard InChI is InChI=1S/C16H18F3NO/c1-20-13-3-4-14(20)7-11(6-13)10-5-12(16(17,18)19)9-15(8-10)21-2/h5-6,8-9,13-14H,3-4,7H2,1-2H3. The fraction of sp³-hybridized carbons (Fsp3) is 0.500. The van der Waals surface area contributed by atoms with Crippen molar-refractivity contribution in [1.29, 1.82) is 0 Å². The summed E-state index contributed by atoms with van der Waals surface area (Å²) in [6, 6.07) is 4.77. The van der Waals surface area contributed by atoms with E-state index >= 15 is 0 Å².